The summed E-state index contributed by atoms with van der Waals surface area (Å²) >= 11 is 5.93. The summed E-state index contributed by atoms with van der Waals surface area (Å²) in [6.07, 6.45) is 6.62. The van der Waals surface area contributed by atoms with Gasteiger partial charge in [-0.1, -0.05) is 17.7 Å². The quantitative estimate of drug-likeness (QED) is 0.298. The van der Waals surface area contributed by atoms with Crippen LogP contribution in [0.4, 0.5) is 21.6 Å². The van der Waals surface area contributed by atoms with Crippen LogP contribution in [0, 0.1) is 11.7 Å². The molecule has 38 heavy (non-hydrogen) atoms. The first kappa shape index (κ1) is 25.9. The van der Waals surface area contributed by atoms with Crippen LogP contribution in [0.2, 0.25) is 5.02 Å². The molecule has 1 aliphatic heterocycles. The lowest BCUT2D eigenvalue weighted by Crippen LogP contribution is -2.44. The number of esters is 1. The Balaban J connectivity index is 1.36. The van der Waals surface area contributed by atoms with Crippen LogP contribution in [0.3, 0.4) is 0 Å². The van der Waals surface area contributed by atoms with Gasteiger partial charge in [0.05, 0.1) is 29.4 Å². The molecule has 5 rings (SSSR count). The Morgan fingerprint density at radius 2 is 2.13 bits per heavy atom. The van der Waals surface area contributed by atoms with Gasteiger partial charge in [0.1, 0.15) is 29.8 Å². The first-order valence-electron chi connectivity index (χ1n) is 12.4. The fourth-order valence-electron chi connectivity index (χ4n) is 4.14. The van der Waals surface area contributed by atoms with Gasteiger partial charge in [0.2, 0.25) is 5.91 Å². The van der Waals surface area contributed by atoms with E-state index in [4.69, 9.17) is 21.1 Å². The molecule has 0 spiro atoms. The van der Waals surface area contributed by atoms with Crippen LogP contribution >= 0.6 is 11.6 Å². The summed E-state index contributed by atoms with van der Waals surface area (Å²) in [6, 6.07) is 7.80. The van der Waals surface area contributed by atoms with Crippen molar-refractivity contribution in [1.82, 2.24) is 14.9 Å². The van der Waals surface area contributed by atoms with Gasteiger partial charge in [-0.15, -0.1) is 0 Å². The fraction of sp³-hybridized carbons (Fsp3) is 0.333. The summed E-state index contributed by atoms with van der Waals surface area (Å²) in [5.74, 6) is 0.347. The fourth-order valence-corrected chi connectivity index (χ4v) is 4.32. The number of nitrogens with one attached hydrogen (secondary N) is 2. The number of carbonyl (C=O) groups excluding carboxylic acids is 2. The first-order valence-corrected chi connectivity index (χ1v) is 12.7. The lowest BCUT2D eigenvalue weighted by molar-refractivity contribution is -0.156. The van der Waals surface area contributed by atoms with E-state index in [0.717, 1.165) is 12.8 Å². The second-order valence-corrected chi connectivity index (χ2v) is 9.89. The summed E-state index contributed by atoms with van der Waals surface area (Å²) in [7, 11) is 0. The number of ether oxygens (including phenoxy) is 2. The van der Waals surface area contributed by atoms with Gasteiger partial charge in [-0.2, -0.15) is 0 Å². The summed E-state index contributed by atoms with van der Waals surface area (Å²) < 4.78 is 24.8. The van der Waals surface area contributed by atoms with Crippen LogP contribution in [0.1, 0.15) is 19.8 Å². The van der Waals surface area contributed by atoms with Crippen molar-refractivity contribution >= 4 is 51.6 Å². The van der Waals surface area contributed by atoms with E-state index in [2.05, 4.69) is 20.6 Å². The maximum atomic E-state index is 13.6. The summed E-state index contributed by atoms with van der Waals surface area (Å²) in [5.41, 5.74) is 1.63. The third-order valence-corrected chi connectivity index (χ3v) is 6.47. The van der Waals surface area contributed by atoms with E-state index in [1.165, 1.54) is 24.5 Å². The molecule has 1 amide bonds. The predicted molar refractivity (Wildman–Crippen MR) is 142 cm³/mol. The normalized spacial score (nSPS) is 18.0. The molecule has 2 fully saturated rings. The van der Waals surface area contributed by atoms with Gasteiger partial charge in [-0.3, -0.25) is 14.5 Å². The molecule has 0 bridgehead atoms. The highest BCUT2D eigenvalue weighted by Gasteiger charge is 2.24. The molecule has 1 saturated carbocycles. The third-order valence-electron chi connectivity index (χ3n) is 6.18. The molecule has 1 aromatic heterocycles. The van der Waals surface area contributed by atoms with Crippen LogP contribution in [0.15, 0.2) is 48.8 Å². The molecular formula is C27H27ClFN5O4. The van der Waals surface area contributed by atoms with Crippen molar-refractivity contribution in [2.24, 2.45) is 5.92 Å². The van der Waals surface area contributed by atoms with E-state index in [9.17, 15) is 14.0 Å². The Kier molecular flexibility index (Phi) is 7.71. The number of anilines is 3. The zero-order chi connectivity index (χ0) is 26.6. The second-order valence-electron chi connectivity index (χ2n) is 9.48. The molecule has 198 valence electrons. The van der Waals surface area contributed by atoms with Gasteiger partial charge in [0, 0.05) is 36.3 Å². The van der Waals surface area contributed by atoms with Crippen LogP contribution in [-0.4, -0.2) is 59.1 Å². The number of nitrogens with zero attached hydrogens (tertiary/aromatic N) is 3. The van der Waals surface area contributed by atoms with Gasteiger partial charge in [-0.25, -0.2) is 14.4 Å². The molecule has 1 atom stereocenters. The SMILES string of the molecule is CC1CN(C/C=C/C(=O)Nc2cc3c(Nc4ccc(F)c(Cl)c4)ncnc3cc2OCC2CC2)CC(=O)O1. The first-order chi connectivity index (χ1) is 18.3. The van der Waals surface area contributed by atoms with Crippen molar-refractivity contribution in [3.63, 3.8) is 0 Å². The molecule has 11 heteroatoms. The molecule has 9 nitrogen and oxygen atoms in total. The van der Waals surface area contributed by atoms with Crippen LogP contribution < -0.4 is 15.4 Å². The average Bonchev–Trinajstić information content (AvgIpc) is 3.69. The zero-order valence-electron chi connectivity index (χ0n) is 20.7. The highest BCUT2D eigenvalue weighted by atomic mass is 35.5. The minimum absolute atomic E-state index is 0.0141. The number of hydrogen-bond donors (Lipinski definition) is 2. The number of amides is 1. The number of rotatable bonds is 9. The zero-order valence-corrected chi connectivity index (χ0v) is 21.5. The van der Waals surface area contributed by atoms with Crippen LogP contribution in [-0.2, 0) is 14.3 Å². The van der Waals surface area contributed by atoms with Crippen LogP contribution in [0.25, 0.3) is 10.9 Å². The molecule has 3 aromatic rings. The molecule has 2 aromatic carbocycles. The third kappa shape index (κ3) is 6.56. The van der Waals surface area contributed by atoms with Crippen molar-refractivity contribution in [1.29, 1.82) is 0 Å². The Morgan fingerprint density at radius 1 is 1.29 bits per heavy atom. The smallest absolute Gasteiger partial charge is 0.320 e. The van der Waals surface area contributed by atoms with Crippen molar-refractivity contribution in [3.8, 4) is 5.75 Å². The van der Waals surface area contributed by atoms with E-state index in [-0.39, 0.29) is 29.5 Å². The number of cyclic esters (lactones) is 1. The number of morpholine rings is 1. The van der Waals surface area contributed by atoms with Crippen molar-refractivity contribution in [2.75, 3.05) is 36.9 Å². The average molecular weight is 540 g/mol. The number of halogens is 2. The van der Waals surface area contributed by atoms with E-state index >= 15 is 0 Å². The topological polar surface area (TPSA) is 106 Å². The Labute approximate surface area is 224 Å². The van der Waals surface area contributed by atoms with Crippen molar-refractivity contribution in [3.05, 3.63) is 59.7 Å². The van der Waals surface area contributed by atoms with E-state index in [1.807, 2.05) is 11.8 Å². The van der Waals surface area contributed by atoms with Gasteiger partial charge in [-0.05, 0) is 49.9 Å². The molecule has 2 heterocycles. The highest BCUT2D eigenvalue weighted by Crippen LogP contribution is 2.36. The number of carbonyl (C=O) groups is 2. The van der Waals surface area contributed by atoms with Gasteiger partial charge in [0.15, 0.2) is 0 Å². The molecule has 1 unspecified atom stereocenters. The minimum atomic E-state index is -0.519. The predicted octanol–water partition coefficient (Wildman–Crippen LogP) is 4.70. The largest absolute Gasteiger partial charge is 0.491 e. The monoisotopic (exact) mass is 539 g/mol. The lowest BCUT2D eigenvalue weighted by atomic mass is 10.1. The Bertz CT molecular complexity index is 1400. The van der Waals surface area contributed by atoms with E-state index < -0.39 is 5.82 Å². The molecule has 2 N–H and O–H groups in total. The molecule has 2 aliphatic rings. The summed E-state index contributed by atoms with van der Waals surface area (Å²) in [6.45, 7) is 3.63. The maximum absolute atomic E-state index is 13.6. The van der Waals surface area contributed by atoms with Crippen molar-refractivity contribution in [2.45, 2.75) is 25.9 Å². The number of hydrogen-bond acceptors (Lipinski definition) is 8. The van der Waals surface area contributed by atoms with Gasteiger partial charge >= 0.3 is 5.97 Å². The number of aromatic nitrogens is 2. The van der Waals surface area contributed by atoms with E-state index in [0.29, 0.717) is 59.5 Å². The van der Waals surface area contributed by atoms with E-state index in [1.54, 1.807) is 24.3 Å². The number of fused-ring (bicyclic) bond motifs is 1. The Morgan fingerprint density at radius 3 is 2.89 bits per heavy atom. The standard InChI is InChI=1S/C27H27ClFN5O4/c1-16-12-34(13-26(36)38-16)8-2-3-25(35)33-23-10-19-22(11-24(23)37-14-17-4-5-17)30-15-31-27(19)32-18-6-7-21(29)20(28)9-18/h2-3,6-7,9-11,15-17H,4-5,8,12-14H2,1H3,(H,33,35)(H,30,31,32)/b3-2+. The molecule has 1 saturated heterocycles. The van der Waals surface area contributed by atoms with Gasteiger partial charge in [0.25, 0.3) is 0 Å². The maximum Gasteiger partial charge on any atom is 0.320 e. The second kappa shape index (κ2) is 11.3. The van der Waals surface area contributed by atoms with Crippen LogP contribution in [0.5, 0.6) is 5.75 Å². The van der Waals surface area contributed by atoms with Crippen molar-refractivity contribution < 1.29 is 23.5 Å². The molecule has 0 radical (unpaired) electrons. The highest BCUT2D eigenvalue weighted by molar-refractivity contribution is 6.31. The summed E-state index contributed by atoms with van der Waals surface area (Å²) in [4.78, 5) is 35.1. The minimum Gasteiger partial charge on any atom is -0.491 e. The number of benzene rings is 2. The van der Waals surface area contributed by atoms with Gasteiger partial charge < -0.3 is 20.1 Å². The summed E-state index contributed by atoms with van der Waals surface area (Å²) in [5, 5.41) is 6.65. The molecule has 1 aliphatic carbocycles. The Hall–Kier alpha value is -3.76. The molecular weight excluding hydrogens is 513 g/mol. The lowest BCUT2D eigenvalue weighted by Gasteiger charge is -2.29.